The van der Waals surface area contributed by atoms with Gasteiger partial charge < -0.3 is 0 Å². The minimum atomic E-state index is -2.05. The molecule has 58 valence electrons. The van der Waals surface area contributed by atoms with E-state index in [9.17, 15) is 9.59 Å². The van der Waals surface area contributed by atoms with Crippen LogP contribution in [0.5, 0.6) is 0 Å². The minimum absolute atomic E-state index is 0.183. The van der Waals surface area contributed by atoms with Crippen LogP contribution in [0.4, 0.5) is 0 Å². The first kappa shape index (κ1) is 7.86. The van der Waals surface area contributed by atoms with Gasteiger partial charge in [-0.2, -0.15) is 0 Å². The number of amides is 2. The fraction of sp³-hybridized carbons (Fsp3) is 0. The molecule has 2 rings (SSSR count). The first-order chi connectivity index (χ1) is 5.77. The summed E-state index contributed by atoms with van der Waals surface area (Å²) in [6, 6.07) is 0. The van der Waals surface area contributed by atoms with Crippen molar-refractivity contribution >= 4 is 33.3 Å². The zero-order chi connectivity index (χ0) is 8.55. The third-order valence-corrected chi connectivity index (χ3v) is 8.80. The molecule has 4 heteroatoms. The molecule has 12 heavy (non-hydrogen) atoms. The Morgan fingerprint density at radius 1 is 1.17 bits per heavy atom. The Kier molecular flexibility index (Phi) is 1.92. The third-order valence-electron chi connectivity index (χ3n) is 1.89. The van der Waals surface area contributed by atoms with Crippen molar-refractivity contribution in [1.82, 2.24) is 5.32 Å². The number of nitrogens with one attached hydrogen (secondary N) is 1. The molecule has 0 saturated carbocycles. The van der Waals surface area contributed by atoms with Crippen LogP contribution >= 0.6 is 0 Å². The molecule has 0 aromatic rings. The number of allylic oxidation sites excluding steroid dienone is 2. The predicted molar refractivity (Wildman–Crippen MR) is 45.3 cm³/mol. The quantitative estimate of drug-likeness (QED) is 0.666. The predicted octanol–water partition coefficient (Wildman–Crippen LogP) is -0.192. The fourth-order valence-electron chi connectivity index (χ4n) is 1.31. The van der Waals surface area contributed by atoms with E-state index in [0.717, 1.165) is 3.33 Å². The van der Waals surface area contributed by atoms with Crippen molar-refractivity contribution in [2.75, 3.05) is 0 Å². The molecule has 2 aliphatic rings. The molecule has 0 aromatic heterocycles. The van der Waals surface area contributed by atoms with Crippen molar-refractivity contribution in [3.05, 3.63) is 29.2 Å². The second-order valence-electron chi connectivity index (χ2n) is 2.71. The van der Waals surface area contributed by atoms with E-state index >= 15 is 0 Å². The van der Waals surface area contributed by atoms with Gasteiger partial charge in [0.1, 0.15) is 0 Å². The summed E-state index contributed by atoms with van der Waals surface area (Å²) in [5, 5.41) is 2.26. The molecular weight excluding hydrogens is 257 g/mol. The molecule has 2 aliphatic heterocycles. The Bertz CT molecular complexity index is 329. The van der Waals surface area contributed by atoms with Gasteiger partial charge in [0.2, 0.25) is 0 Å². The summed E-state index contributed by atoms with van der Waals surface area (Å²) in [5.41, 5.74) is 0. The van der Waals surface area contributed by atoms with Crippen LogP contribution in [0, 0.1) is 0 Å². The Balaban J connectivity index is 2.29. The molecule has 0 atom stereocenters. The van der Waals surface area contributed by atoms with Gasteiger partial charge >= 0.3 is 77.4 Å². The van der Waals surface area contributed by atoms with E-state index < -0.39 is 21.4 Å². The van der Waals surface area contributed by atoms with Crippen molar-refractivity contribution in [2.24, 2.45) is 0 Å². The van der Waals surface area contributed by atoms with Gasteiger partial charge in [-0.3, -0.25) is 0 Å². The normalized spacial score (nSPS) is 20.3. The van der Waals surface area contributed by atoms with Crippen LogP contribution in [-0.2, 0) is 9.59 Å². The monoisotopic (exact) mass is 263 g/mol. The fourth-order valence-corrected chi connectivity index (χ4v) is 7.01. The SMILES string of the molecule is O=C1C=[C]([In]2[CH]=CC=[CH]2)C(=O)N1. The molecule has 3 nitrogen and oxygen atoms in total. The summed E-state index contributed by atoms with van der Waals surface area (Å²) in [5.74, 6) is -0.447. The van der Waals surface area contributed by atoms with Gasteiger partial charge in [0.05, 0.1) is 0 Å². The van der Waals surface area contributed by atoms with Crippen molar-refractivity contribution in [3.63, 3.8) is 0 Å². The van der Waals surface area contributed by atoms with Crippen molar-refractivity contribution in [3.8, 4) is 0 Å². The summed E-state index contributed by atoms with van der Waals surface area (Å²) in [4.78, 5) is 22.0. The van der Waals surface area contributed by atoms with E-state index in [0.29, 0.717) is 0 Å². The second-order valence-corrected chi connectivity index (χ2v) is 9.69. The van der Waals surface area contributed by atoms with Gasteiger partial charge in [0, 0.05) is 0 Å². The molecule has 0 radical (unpaired) electrons. The van der Waals surface area contributed by atoms with Crippen molar-refractivity contribution in [2.45, 2.75) is 0 Å². The average Bonchev–Trinajstić information content (AvgIpc) is 2.58. The Morgan fingerprint density at radius 2 is 1.83 bits per heavy atom. The standard InChI is InChI=1S/C4H2NO2.C4H4.In/c6-3-1-2-4(7)5-3;1-3-4-2;/h1H,(H,5,6,7);1-4H;. The molecule has 0 bridgehead atoms. The maximum absolute atomic E-state index is 11.2. The van der Waals surface area contributed by atoms with Crippen molar-refractivity contribution in [1.29, 1.82) is 0 Å². The van der Waals surface area contributed by atoms with Crippen molar-refractivity contribution < 1.29 is 9.59 Å². The Hall–Kier alpha value is -0.770. The van der Waals surface area contributed by atoms with Gasteiger partial charge in [-0.1, -0.05) is 0 Å². The topological polar surface area (TPSA) is 46.2 Å². The van der Waals surface area contributed by atoms with E-state index in [2.05, 4.69) is 13.0 Å². The second kappa shape index (κ2) is 2.94. The van der Waals surface area contributed by atoms with Gasteiger partial charge in [-0.15, -0.1) is 0 Å². The number of hydrogen-bond acceptors (Lipinski definition) is 2. The molecule has 0 aliphatic carbocycles. The van der Waals surface area contributed by atoms with E-state index in [4.69, 9.17) is 0 Å². The number of carbonyl (C=O) groups is 2. The van der Waals surface area contributed by atoms with E-state index in [1.54, 1.807) is 0 Å². The van der Waals surface area contributed by atoms with Crippen LogP contribution in [0.1, 0.15) is 0 Å². The van der Waals surface area contributed by atoms with Gasteiger partial charge in [-0.05, 0) is 0 Å². The number of hydrogen-bond donors (Lipinski definition) is 1. The zero-order valence-electron chi connectivity index (χ0n) is 6.28. The summed E-state index contributed by atoms with van der Waals surface area (Å²) in [6.07, 6.45) is 5.36. The van der Waals surface area contributed by atoms with Crippen LogP contribution in [0.2, 0.25) is 0 Å². The van der Waals surface area contributed by atoms with E-state index in [1.807, 2.05) is 12.2 Å². The molecule has 2 heterocycles. The third kappa shape index (κ3) is 1.27. The summed E-state index contributed by atoms with van der Waals surface area (Å²) in [7, 11) is 0. The first-order valence-electron chi connectivity index (χ1n) is 3.69. The van der Waals surface area contributed by atoms with Crippen LogP contribution in [0.15, 0.2) is 29.2 Å². The van der Waals surface area contributed by atoms with Crippen LogP contribution in [0.25, 0.3) is 0 Å². The Morgan fingerprint density at radius 3 is 2.33 bits per heavy atom. The molecule has 2 amide bonds. The van der Waals surface area contributed by atoms with E-state index in [-0.39, 0.29) is 11.8 Å². The number of carbonyl (C=O) groups excluding carboxylic acids is 2. The summed E-state index contributed by atoms with van der Waals surface area (Å²) >= 11 is -2.05. The maximum atomic E-state index is 11.2. The van der Waals surface area contributed by atoms with E-state index in [1.165, 1.54) is 6.08 Å². The van der Waals surface area contributed by atoms with Gasteiger partial charge in [0.15, 0.2) is 0 Å². The number of imide groups is 1. The Labute approximate surface area is 77.4 Å². The average molecular weight is 263 g/mol. The first-order valence-corrected chi connectivity index (χ1v) is 9.14. The molecule has 0 saturated heterocycles. The molecule has 0 spiro atoms. The summed E-state index contributed by atoms with van der Waals surface area (Å²) < 4.78 is 4.92. The summed E-state index contributed by atoms with van der Waals surface area (Å²) in [6.45, 7) is 0. The van der Waals surface area contributed by atoms with Crippen LogP contribution in [0.3, 0.4) is 0 Å². The van der Waals surface area contributed by atoms with Gasteiger partial charge in [-0.25, -0.2) is 0 Å². The molecule has 0 unspecified atom stereocenters. The van der Waals surface area contributed by atoms with Crippen LogP contribution in [-0.4, -0.2) is 33.3 Å². The molecule has 1 N–H and O–H groups in total. The molecular formula is C8H6InNO2. The molecule has 0 aromatic carbocycles. The molecule has 0 fully saturated rings. The van der Waals surface area contributed by atoms with Gasteiger partial charge in [0.25, 0.3) is 0 Å². The zero-order valence-corrected chi connectivity index (χ0v) is 9.58. The van der Waals surface area contributed by atoms with Crippen LogP contribution < -0.4 is 5.32 Å². The number of rotatable bonds is 1.